The second-order valence-electron chi connectivity index (χ2n) is 3.64. The van der Waals surface area contributed by atoms with Crippen LogP contribution in [0.3, 0.4) is 0 Å². The Balaban J connectivity index is 2.55. The van der Waals surface area contributed by atoms with Gasteiger partial charge in [0, 0.05) is 5.02 Å². The summed E-state index contributed by atoms with van der Waals surface area (Å²) in [5.41, 5.74) is 0.459. The van der Waals surface area contributed by atoms with Crippen LogP contribution in [0.15, 0.2) is 18.2 Å². The Morgan fingerprint density at radius 3 is 2.32 bits per heavy atom. The second kappa shape index (κ2) is 5.63. The maximum Gasteiger partial charge on any atom is 0.213 e. The number of halogens is 4. The van der Waals surface area contributed by atoms with Gasteiger partial charge in [0.2, 0.25) is 5.78 Å². The van der Waals surface area contributed by atoms with Gasteiger partial charge in [0.1, 0.15) is 10.9 Å². The van der Waals surface area contributed by atoms with Crippen molar-refractivity contribution in [1.29, 1.82) is 0 Å². The van der Waals surface area contributed by atoms with Crippen molar-refractivity contribution in [2.24, 2.45) is 0 Å². The molecular weight excluding hydrogens is 332 g/mol. The molecule has 0 aliphatic carbocycles. The standard InChI is InChI=1S/C12H7Cl4NO2/c1-19-11-6(2-5(13)3-7(11)14)10(18)9-4-8(15)12(16)17-9/h2-4,17H,1H3. The molecule has 0 radical (unpaired) electrons. The number of nitrogens with one attached hydrogen (secondary N) is 1. The molecule has 0 aliphatic heterocycles. The minimum atomic E-state index is -0.366. The second-order valence-corrected chi connectivity index (χ2v) is 5.27. The van der Waals surface area contributed by atoms with Crippen molar-refractivity contribution in [3.8, 4) is 5.75 Å². The number of benzene rings is 1. The Bertz CT molecular complexity index is 632. The van der Waals surface area contributed by atoms with Gasteiger partial charge in [-0.25, -0.2) is 0 Å². The molecule has 100 valence electrons. The largest absolute Gasteiger partial charge is 0.494 e. The lowest BCUT2D eigenvalue weighted by Gasteiger charge is -2.09. The number of aromatic nitrogens is 1. The summed E-state index contributed by atoms with van der Waals surface area (Å²) in [5, 5.41) is 1.04. The zero-order chi connectivity index (χ0) is 14.2. The number of ketones is 1. The molecule has 0 bridgehead atoms. The molecule has 0 unspecified atom stereocenters. The quantitative estimate of drug-likeness (QED) is 0.811. The molecule has 1 N–H and O–H groups in total. The summed E-state index contributed by atoms with van der Waals surface area (Å²) >= 11 is 23.4. The molecule has 0 spiro atoms. The van der Waals surface area contributed by atoms with Crippen LogP contribution in [0.1, 0.15) is 16.1 Å². The van der Waals surface area contributed by atoms with Crippen molar-refractivity contribution >= 4 is 52.2 Å². The molecule has 2 aromatic rings. The van der Waals surface area contributed by atoms with Gasteiger partial charge in [-0.2, -0.15) is 0 Å². The fraction of sp³-hybridized carbons (Fsp3) is 0.0833. The molecule has 1 aromatic carbocycles. The van der Waals surface area contributed by atoms with Gasteiger partial charge in [-0.3, -0.25) is 4.79 Å². The first-order valence-corrected chi connectivity index (χ1v) is 6.57. The Kier molecular flexibility index (Phi) is 4.31. The summed E-state index contributed by atoms with van der Waals surface area (Å²) in [7, 11) is 1.42. The molecule has 1 aromatic heterocycles. The van der Waals surface area contributed by atoms with E-state index in [0.717, 1.165) is 0 Å². The first-order valence-electron chi connectivity index (χ1n) is 5.05. The Labute approximate surface area is 129 Å². The van der Waals surface area contributed by atoms with E-state index in [2.05, 4.69) is 4.98 Å². The van der Waals surface area contributed by atoms with E-state index in [1.807, 2.05) is 0 Å². The highest BCUT2D eigenvalue weighted by molar-refractivity contribution is 6.42. The van der Waals surface area contributed by atoms with Gasteiger partial charge in [0.15, 0.2) is 0 Å². The van der Waals surface area contributed by atoms with Crippen molar-refractivity contribution in [3.05, 3.63) is 49.7 Å². The van der Waals surface area contributed by atoms with Gasteiger partial charge in [0.25, 0.3) is 0 Å². The van der Waals surface area contributed by atoms with Crippen LogP contribution in [0.2, 0.25) is 20.2 Å². The average Bonchev–Trinajstić information content (AvgIpc) is 2.68. The van der Waals surface area contributed by atoms with E-state index in [1.54, 1.807) is 0 Å². The van der Waals surface area contributed by atoms with E-state index < -0.39 is 0 Å². The molecule has 19 heavy (non-hydrogen) atoms. The average molecular weight is 339 g/mol. The van der Waals surface area contributed by atoms with Crippen molar-refractivity contribution in [3.63, 3.8) is 0 Å². The van der Waals surface area contributed by atoms with Crippen LogP contribution in [-0.2, 0) is 0 Å². The highest BCUT2D eigenvalue weighted by atomic mass is 35.5. The van der Waals surface area contributed by atoms with Crippen molar-refractivity contribution in [2.75, 3.05) is 7.11 Å². The number of aromatic amines is 1. The van der Waals surface area contributed by atoms with Crippen LogP contribution in [0.4, 0.5) is 0 Å². The Morgan fingerprint density at radius 1 is 1.11 bits per heavy atom. The van der Waals surface area contributed by atoms with Gasteiger partial charge in [-0.15, -0.1) is 0 Å². The summed E-state index contributed by atoms with van der Waals surface area (Å²) in [4.78, 5) is 15.0. The van der Waals surface area contributed by atoms with E-state index in [4.69, 9.17) is 51.1 Å². The zero-order valence-electron chi connectivity index (χ0n) is 9.56. The number of rotatable bonds is 3. The van der Waals surface area contributed by atoms with Gasteiger partial charge >= 0.3 is 0 Å². The SMILES string of the molecule is COc1c(Cl)cc(Cl)cc1C(=O)c1cc(Cl)c(Cl)[nH]1. The monoisotopic (exact) mass is 337 g/mol. The van der Waals surface area contributed by atoms with Crippen molar-refractivity contribution in [2.45, 2.75) is 0 Å². The smallest absolute Gasteiger partial charge is 0.213 e. The van der Waals surface area contributed by atoms with Gasteiger partial charge in [-0.05, 0) is 18.2 Å². The maximum atomic E-state index is 12.4. The van der Waals surface area contributed by atoms with Gasteiger partial charge < -0.3 is 9.72 Å². The van der Waals surface area contributed by atoms with Crippen molar-refractivity contribution < 1.29 is 9.53 Å². The number of carbonyl (C=O) groups is 1. The van der Waals surface area contributed by atoms with Crippen LogP contribution in [0.5, 0.6) is 5.75 Å². The molecule has 2 rings (SSSR count). The minimum absolute atomic E-state index is 0.192. The van der Waals surface area contributed by atoms with Gasteiger partial charge in [-0.1, -0.05) is 46.4 Å². The van der Waals surface area contributed by atoms with Crippen LogP contribution < -0.4 is 4.74 Å². The van der Waals surface area contributed by atoms with Crippen LogP contribution in [0.25, 0.3) is 0 Å². The molecule has 0 amide bonds. The molecular formula is C12H7Cl4NO2. The Hall–Kier alpha value is -0.870. The normalized spacial score (nSPS) is 10.6. The lowest BCUT2D eigenvalue weighted by atomic mass is 10.1. The number of hydrogen-bond acceptors (Lipinski definition) is 2. The lowest BCUT2D eigenvalue weighted by Crippen LogP contribution is -2.05. The Morgan fingerprint density at radius 2 is 1.79 bits per heavy atom. The highest BCUT2D eigenvalue weighted by Gasteiger charge is 2.20. The molecule has 0 atom stereocenters. The third-order valence-corrected chi connectivity index (χ3v) is 3.62. The van der Waals surface area contributed by atoms with Crippen LogP contribution in [0, 0.1) is 0 Å². The predicted molar refractivity (Wildman–Crippen MR) is 77.3 cm³/mol. The third kappa shape index (κ3) is 2.84. The topological polar surface area (TPSA) is 42.1 Å². The zero-order valence-corrected chi connectivity index (χ0v) is 12.6. The lowest BCUT2D eigenvalue weighted by molar-refractivity contribution is 0.103. The summed E-state index contributed by atoms with van der Waals surface area (Å²) < 4.78 is 5.12. The molecule has 3 nitrogen and oxygen atoms in total. The predicted octanol–water partition coefficient (Wildman–Crippen LogP) is 4.87. The van der Waals surface area contributed by atoms with E-state index >= 15 is 0 Å². The number of methoxy groups -OCH3 is 1. The number of ether oxygens (including phenoxy) is 1. The summed E-state index contributed by atoms with van der Waals surface area (Å²) in [6, 6.07) is 4.39. The molecule has 0 aliphatic rings. The summed E-state index contributed by atoms with van der Waals surface area (Å²) in [6.07, 6.45) is 0. The molecule has 0 fully saturated rings. The number of H-pyrrole nitrogens is 1. The third-order valence-electron chi connectivity index (χ3n) is 2.43. The maximum absolute atomic E-state index is 12.4. The van der Waals surface area contributed by atoms with Crippen LogP contribution >= 0.6 is 46.4 Å². The molecule has 1 heterocycles. The van der Waals surface area contributed by atoms with E-state index in [1.165, 1.54) is 25.3 Å². The highest BCUT2D eigenvalue weighted by Crippen LogP contribution is 2.34. The fourth-order valence-electron chi connectivity index (χ4n) is 1.61. The van der Waals surface area contributed by atoms with E-state index in [9.17, 15) is 4.79 Å². The first kappa shape index (κ1) is 14.5. The number of carbonyl (C=O) groups excluding carboxylic acids is 1. The van der Waals surface area contributed by atoms with Gasteiger partial charge in [0.05, 0.1) is 28.4 Å². The summed E-state index contributed by atoms with van der Waals surface area (Å²) in [5.74, 6) is -0.118. The molecule has 0 saturated heterocycles. The molecule has 0 saturated carbocycles. The minimum Gasteiger partial charge on any atom is -0.494 e. The number of hydrogen-bond donors (Lipinski definition) is 1. The van der Waals surface area contributed by atoms with E-state index in [0.29, 0.717) is 5.02 Å². The van der Waals surface area contributed by atoms with Crippen LogP contribution in [-0.4, -0.2) is 17.9 Å². The molecule has 7 heteroatoms. The first-order chi connectivity index (χ1) is 8.93. The van der Waals surface area contributed by atoms with E-state index in [-0.39, 0.29) is 38.0 Å². The van der Waals surface area contributed by atoms with Crippen molar-refractivity contribution in [1.82, 2.24) is 4.98 Å². The summed E-state index contributed by atoms with van der Waals surface area (Å²) in [6.45, 7) is 0. The fourth-order valence-corrected chi connectivity index (χ4v) is 2.49.